The molecule has 13 heteroatoms. The molecule has 4 heterocycles. The molecule has 11 nitrogen and oxygen atoms in total. The number of pyridine rings is 2. The Morgan fingerprint density at radius 3 is 2.53 bits per heavy atom. The molecule has 248 valence electrons. The van der Waals surface area contributed by atoms with Gasteiger partial charge in [0.2, 0.25) is 0 Å². The molecule has 4 aromatic rings. The highest BCUT2D eigenvalue weighted by atomic mass is 19.2. The van der Waals surface area contributed by atoms with E-state index in [1.807, 2.05) is 6.07 Å². The highest BCUT2D eigenvalue weighted by Crippen LogP contribution is 2.44. The lowest BCUT2D eigenvalue weighted by atomic mass is 9.85. The Bertz CT molecular complexity index is 1840. The third-order valence-corrected chi connectivity index (χ3v) is 8.76. The Labute approximate surface area is 270 Å². The van der Waals surface area contributed by atoms with Gasteiger partial charge in [0.25, 0.3) is 0 Å². The molecule has 2 amide bonds. The number of amides is 2. The molecule has 1 aliphatic carbocycles. The molecule has 2 N–H and O–H groups in total. The number of nitrogens with one attached hydrogen (secondary N) is 2. The standard InChI is InChI=1S/C34H38F2N6O5/c1-34(2,3)47-32(44)39-28-22(21-9-4-11-24(35)27(21)36)13-14-26(29-23(28)10-5-16-37-29)46-33(45)41-18-7-8-20(15-19-41)42-25-12-6-17-38-30(25)40-31(42)43/h4-6,9-12,16-17,20,22,26,28H,7-8,13-15,18-19H2,1-3H3,(H,39,44)(H,38,40,43)/t20?,22-,26+,28-/m0/s1. The van der Waals surface area contributed by atoms with Gasteiger partial charge in [0.15, 0.2) is 17.3 Å². The maximum absolute atomic E-state index is 15.3. The fraction of sp³-hybridized carbons (Fsp3) is 0.441. The van der Waals surface area contributed by atoms with Crippen molar-refractivity contribution < 1.29 is 27.8 Å². The normalized spacial score (nSPS) is 21.8. The molecule has 2 aliphatic rings. The molecule has 6 rings (SSSR count). The molecule has 1 fully saturated rings. The molecule has 3 aromatic heterocycles. The van der Waals surface area contributed by atoms with Gasteiger partial charge in [-0.25, -0.2) is 28.1 Å². The van der Waals surface area contributed by atoms with E-state index in [1.54, 1.807) is 60.8 Å². The summed E-state index contributed by atoms with van der Waals surface area (Å²) in [5.74, 6) is -2.71. The van der Waals surface area contributed by atoms with Crippen molar-refractivity contribution in [1.82, 2.24) is 29.7 Å². The monoisotopic (exact) mass is 648 g/mol. The molecule has 47 heavy (non-hydrogen) atoms. The van der Waals surface area contributed by atoms with Crippen LogP contribution in [0.3, 0.4) is 0 Å². The fourth-order valence-corrected chi connectivity index (χ4v) is 6.72. The molecule has 0 spiro atoms. The number of fused-ring (bicyclic) bond motifs is 2. The van der Waals surface area contributed by atoms with Gasteiger partial charge in [-0.1, -0.05) is 18.2 Å². The van der Waals surface area contributed by atoms with Crippen LogP contribution in [0.2, 0.25) is 0 Å². The number of likely N-dealkylation sites (tertiary alicyclic amines) is 1. The second-order valence-corrected chi connectivity index (χ2v) is 13.0. The lowest BCUT2D eigenvalue weighted by molar-refractivity contribution is 0.0494. The van der Waals surface area contributed by atoms with Crippen molar-refractivity contribution in [3.8, 4) is 0 Å². The van der Waals surface area contributed by atoms with E-state index < -0.39 is 47.5 Å². The van der Waals surface area contributed by atoms with Crippen LogP contribution < -0.4 is 11.0 Å². The molecule has 1 saturated heterocycles. The van der Waals surface area contributed by atoms with Crippen LogP contribution >= 0.6 is 0 Å². The van der Waals surface area contributed by atoms with Crippen LogP contribution in [0.5, 0.6) is 0 Å². The van der Waals surface area contributed by atoms with Crippen LogP contribution in [0.1, 0.15) is 93.8 Å². The van der Waals surface area contributed by atoms with Crippen LogP contribution in [0.25, 0.3) is 11.2 Å². The van der Waals surface area contributed by atoms with E-state index in [-0.39, 0.29) is 30.1 Å². The predicted molar refractivity (Wildman–Crippen MR) is 169 cm³/mol. The maximum Gasteiger partial charge on any atom is 0.410 e. The largest absolute Gasteiger partial charge is 0.444 e. The number of ether oxygens (including phenoxy) is 2. The van der Waals surface area contributed by atoms with E-state index in [1.165, 1.54) is 12.1 Å². The van der Waals surface area contributed by atoms with E-state index in [0.29, 0.717) is 49.3 Å². The molecule has 0 saturated carbocycles. The SMILES string of the molecule is CC(C)(C)OC(=O)N[C@@H]1c2cccnc2[C@H](OC(=O)N2CCCC(n3c(=O)[nH]c4ncccc43)CC2)CC[C@H]1c1cccc(F)c1F. The minimum atomic E-state index is -1.00. The van der Waals surface area contributed by atoms with Gasteiger partial charge in [0.05, 0.1) is 17.3 Å². The summed E-state index contributed by atoms with van der Waals surface area (Å²) in [7, 11) is 0. The smallest absolute Gasteiger partial charge is 0.410 e. The van der Waals surface area contributed by atoms with Gasteiger partial charge in [-0.05, 0) is 82.7 Å². The molecular formula is C34H38F2N6O5. The fourth-order valence-electron chi connectivity index (χ4n) is 6.72. The number of aromatic nitrogens is 4. The molecule has 0 radical (unpaired) electrons. The number of hydrogen-bond donors (Lipinski definition) is 2. The summed E-state index contributed by atoms with van der Waals surface area (Å²) in [6.07, 6.45) is 3.50. The topological polar surface area (TPSA) is 131 Å². The third-order valence-electron chi connectivity index (χ3n) is 8.76. The zero-order chi connectivity index (χ0) is 33.3. The van der Waals surface area contributed by atoms with E-state index >= 15 is 4.39 Å². The van der Waals surface area contributed by atoms with Crippen molar-refractivity contribution in [2.45, 2.75) is 82.6 Å². The van der Waals surface area contributed by atoms with Crippen molar-refractivity contribution in [3.63, 3.8) is 0 Å². The number of carbonyl (C=O) groups excluding carboxylic acids is 2. The van der Waals surface area contributed by atoms with Gasteiger partial charge in [0.1, 0.15) is 11.7 Å². The predicted octanol–water partition coefficient (Wildman–Crippen LogP) is 6.45. The number of H-pyrrole nitrogens is 1. The quantitative estimate of drug-likeness (QED) is 0.243. The van der Waals surface area contributed by atoms with Gasteiger partial charge < -0.3 is 19.7 Å². The lowest BCUT2D eigenvalue weighted by Crippen LogP contribution is -2.37. The highest BCUT2D eigenvalue weighted by molar-refractivity contribution is 5.71. The summed E-state index contributed by atoms with van der Waals surface area (Å²) < 4.78 is 43.1. The first kappa shape index (κ1) is 32.1. The second-order valence-electron chi connectivity index (χ2n) is 13.0. The summed E-state index contributed by atoms with van der Waals surface area (Å²) in [6.45, 7) is 6.00. The van der Waals surface area contributed by atoms with Crippen molar-refractivity contribution in [3.05, 3.63) is 93.8 Å². The Balaban J connectivity index is 1.25. The number of rotatable bonds is 4. The molecule has 1 aromatic carbocycles. The molecule has 1 aliphatic heterocycles. The van der Waals surface area contributed by atoms with Crippen molar-refractivity contribution in [1.29, 1.82) is 0 Å². The van der Waals surface area contributed by atoms with Crippen molar-refractivity contribution in [2.24, 2.45) is 0 Å². The first-order chi connectivity index (χ1) is 22.5. The first-order valence-electron chi connectivity index (χ1n) is 15.9. The number of carbonyl (C=O) groups is 2. The molecule has 4 atom stereocenters. The van der Waals surface area contributed by atoms with Crippen molar-refractivity contribution >= 4 is 23.4 Å². The summed E-state index contributed by atoms with van der Waals surface area (Å²) in [5, 5.41) is 2.87. The van der Waals surface area contributed by atoms with E-state index in [9.17, 15) is 18.8 Å². The van der Waals surface area contributed by atoms with Gasteiger partial charge in [0, 0.05) is 43.0 Å². The average molecular weight is 649 g/mol. The molecule has 1 unspecified atom stereocenters. The minimum absolute atomic E-state index is 0.0918. The van der Waals surface area contributed by atoms with E-state index in [0.717, 1.165) is 11.6 Å². The minimum Gasteiger partial charge on any atom is -0.444 e. The van der Waals surface area contributed by atoms with Crippen molar-refractivity contribution in [2.75, 3.05) is 13.1 Å². The third kappa shape index (κ3) is 6.84. The average Bonchev–Trinajstić information content (AvgIpc) is 3.14. The van der Waals surface area contributed by atoms with Gasteiger partial charge >= 0.3 is 17.9 Å². The number of aromatic amines is 1. The van der Waals surface area contributed by atoms with Gasteiger partial charge in [-0.3, -0.25) is 14.5 Å². The summed E-state index contributed by atoms with van der Waals surface area (Å²) in [6, 6.07) is 10.1. The zero-order valence-electron chi connectivity index (χ0n) is 26.5. The number of alkyl carbamates (subject to hydrolysis) is 1. The van der Waals surface area contributed by atoms with Crippen LogP contribution in [0.4, 0.5) is 18.4 Å². The van der Waals surface area contributed by atoms with Crippen LogP contribution in [-0.2, 0) is 9.47 Å². The van der Waals surface area contributed by atoms with Gasteiger partial charge in [-0.2, -0.15) is 0 Å². The number of halogens is 2. The van der Waals surface area contributed by atoms with E-state index in [2.05, 4.69) is 20.3 Å². The van der Waals surface area contributed by atoms with Crippen LogP contribution in [0.15, 0.2) is 59.7 Å². The Morgan fingerprint density at radius 2 is 1.72 bits per heavy atom. The Kier molecular flexibility index (Phi) is 8.98. The first-order valence-corrected chi connectivity index (χ1v) is 15.9. The van der Waals surface area contributed by atoms with Crippen LogP contribution in [0, 0.1) is 11.6 Å². The van der Waals surface area contributed by atoms with Crippen LogP contribution in [-0.4, -0.2) is 55.3 Å². The zero-order valence-corrected chi connectivity index (χ0v) is 26.5. The van der Waals surface area contributed by atoms with E-state index in [4.69, 9.17) is 9.47 Å². The molecular weight excluding hydrogens is 610 g/mol. The highest BCUT2D eigenvalue weighted by Gasteiger charge is 2.39. The number of nitrogens with zero attached hydrogens (tertiary/aromatic N) is 4. The molecule has 0 bridgehead atoms. The van der Waals surface area contributed by atoms with Gasteiger partial charge in [-0.15, -0.1) is 0 Å². The summed E-state index contributed by atoms with van der Waals surface area (Å²) in [4.78, 5) is 52.7. The Hall–Kier alpha value is -4.81. The lowest BCUT2D eigenvalue weighted by Gasteiger charge is -2.29. The summed E-state index contributed by atoms with van der Waals surface area (Å²) in [5.41, 5.74) is 1.24. The maximum atomic E-state index is 15.3. The second kappa shape index (κ2) is 13.1. The number of benzene rings is 1. The number of hydrogen-bond acceptors (Lipinski definition) is 7. The summed E-state index contributed by atoms with van der Waals surface area (Å²) >= 11 is 0. The Morgan fingerprint density at radius 1 is 0.957 bits per heavy atom. The number of imidazole rings is 1.